The van der Waals surface area contributed by atoms with Gasteiger partial charge in [-0.05, 0) is 31.7 Å². The van der Waals surface area contributed by atoms with E-state index in [4.69, 9.17) is 5.73 Å². The zero-order valence-electron chi connectivity index (χ0n) is 9.89. The Bertz CT molecular complexity index is 318. The average molecular weight is 220 g/mol. The predicted octanol–water partition coefficient (Wildman–Crippen LogP) is 1.68. The predicted molar refractivity (Wildman–Crippen MR) is 64.7 cm³/mol. The summed E-state index contributed by atoms with van der Waals surface area (Å²) in [6, 6.07) is 0. The van der Waals surface area contributed by atoms with Crippen LogP contribution in [0.5, 0.6) is 0 Å². The second-order valence-corrected chi connectivity index (χ2v) is 4.61. The largest absolute Gasteiger partial charge is 0.382 e. The summed E-state index contributed by atoms with van der Waals surface area (Å²) >= 11 is 0. The van der Waals surface area contributed by atoms with Crippen LogP contribution in [0.1, 0.15) is 31.9 Å². The van der Waals surface area contributed by atoms with Gasteiger partial charge in [0.15, 0.2) is 0 Å². The minimum Gasteiger partial charge on any atom is -0.382 e. The van der Waals surface area contributed by atoms with Crippen molar-refractivity contribution in [3.05, 3.63) is 18.1 Å². The van der Waals surface area contributed by atoms with Crippen molar-refractivity contribution in [2.75, 3.05) is 18.8 Å². The lowest BCUT2D eigenvalue weighted by Crippen LogP contribution is -2.27. The molecule has 4 nitrogen and oxygen atoms in total. The summed E-state index contributed by atoms with van der Waals surface area (Å²) in [5.41, 5.74) is 6.54. The molecule has 1 aromatic heterocycles. The number of nitrogen functional groups attached to an aromatic ring is 1. The van der Waals surface area contributed by atoms with Gasteiger partial charge < -0.3 is 5.73 Å². The van der Waals surface area contributed by atoms with Crippen LogP contribution >= 0.6 is 0 Å². The van der Waals surface area contributed by atoms with Crippen LogP contribution in [0.3, 0.4) is 0 Å². The molecule has 1 heterocycles. The number of nitrogens with two attached hydrogens (primary N) is 1. The van der Waals surface area contributed by atoms with Gasteiger partial charge in [0.1, 0.15) is 5.82 Å². The fourth-order valence-electron chi connectivity index (χ4n) is 1.89. The normalized spacial score (nSPS) is 15.6. The van der Waals surface area contributed by atoms with Gasteiger partial charge in [-0.3, -0.25) is 9.88 Å². The van der Waals surface area contributed by atoms with Gasteiger partial charge in [-0.2, -0.15) is 0 Å². The molecule has 1 fully saturated rings. The van der Waals surface area contributed by atoms with E-state index in [1.54, 1.807) is 12.4 Å². The van der Waals surface area contributed by atoms with Gasteiger partial charge in [0.05, 0.1) is 18.1 Å². The van der Waals surface area contributed by atoms with Crippen LogP contribution in [0.15, 0.2) is 12.4 Å². The molecule has 1 aliphatic carbocycles. The fraction of sp³-hybridized carbons (Fsp3) is 0.667. The molecule has 1 aromatic rings. The SMILES string of the molecule is CCCN(Cc1cnc(N)cn1)CC1CC1. The first-order chi connectivity index (χ1) is 7.78. The first kappa shape index (κ1) is 11.3. The molecule has 88 valence electrons. The molecule has 1 saturated carbocycles. The first-order valence-electron chi connectivity index (χ1n) is 6.06. The number of hydrogen-bond donors (Lipinski definition) is 1. The number of rotatable bonds is 6. The Hall–Kier alpha value is -1.16. The molecule has 4 heteroatoms. The highest BCUT2D eigenvalue weighted by molar-refractivity contribution is 5.22. The van der Waals surface area contributed by atoms with Gasteiger partial charge in [-0.15, -0.1) is 0 Å². The third-order valence-electron chi connectivity index (χ3n) is 2.86. The van der Waals surface area contributed by atoms with Crippen molar-refractivity contribution in [3.8, 4) is 0 Å². The highest BCUT2D eigenvalue weighted by atomic mass is 15.1. The molecule has 2 N–H and O–H groups in total. The Balaban J connectivity index is 1.90. The van der Waals surface area contributed by atoms with Crippen LogP contribution in [-0.2, 0) is 6.54 Å². The van der Waals surface area contributed by atoms with Crippen molar-refractivity contribution in [3.63, 3.8) is 0 Å². The molecular formula is C12H20N4. The zero-order chi connectivity index (χ0) is 11.4. The number of aromatic nitrogens is 2. The zero-order valence-corrected chi connectivity index (χ0v) is 9.89. The summed E-state index contributed by atoms with van der Waals surface area (Å²) in [7, 11) is 0. The highest BCUT2D eigenvalue weighted by Gasteiger charge is 2.24. The van der Waals surface area contributed by atoms with Crippen LogP contribution in [0, 0.1) is 5.92 Å². The summed E-state index contributed by atoms with van der Waals surface area (Å²) < 4.78 is 0. The van der Waals surface area contributed by atoms with E-state index in [9.17, 15) is 0 Å². The van der Waals surface area contributed by atoms with Crippen molar-refractivity contribution in [2.45, 2.75) is 32.7 Å². The lowest BCUT2D eigenvalue weighted by Gasteiger charge is -2.20. The molecule has 0 bridgehead atoms. The third kappa shape index (κ3) is 3.45. The summed E-state index contributed by atoms with van der Waals surface area (Å²) in [6.07, 6.45) is 7.40. The molecule has 1 aliphatic rings. The van der Waals surface area contributed by atoms with Crippen LogP contribution in [0.2, 0.25) is 0 Å². The topological polar surface area (TPSA) is 55.0 Å². The standard InChI is InChI=1S/C12H20N4/c1-2-5-16(8-10-3-4-10)9-11-6-15-12(13)7-14-11/h6-7,10H,2-5,8-9H2,1H3,(H2,13,15). The Morgan fingerprint density at radius 1 is 1.38 bits per heavy atom. The van der Waals surface area contributed by atoms with Crippen molar-refractivity contribution in [2.24, 2.45) is 5.92 Å². The molecule has 0 spiro atoms. The Morgan fingerprint density at radius 2 is 2.19 bits per heavy atom. The maximum Gasteiger partial charge on any atom is 0.141 e. The molecule has 0 atom stereocenters. The molecule has 0 saturated heterocycles. The van der Waals surface area contributed by atoms with E-state index in [0.29, 0.717) is 5.82 Å². The highest BCUT2D eigenvalue weighted by Crippen LogP contribution is 2.30. The van der Waals surface area contributed by atoms with Crippen molar-refractivity contribution in [1.82, 2.24) is 14.9 Å². The lowest BCUT2D eigenvalue weighted by atomic mass is 10.3. The van der Waals surface area contributed by atoms with Crippen LogP contribution in [-0.4, -0.2) is 28.0 Å². The van der Waals surface area contributed by atoms with E-state index < -0.39 is 0 Å². The van der Waals surface area contributed by atoms with E-state index >= 15 is 0 Å². The van der Waals surface area contributed by atoms with Crippen molar-refractivity contribution in [1.29, 1.82) is 0 Å². The second-order valence-electron chi connectivity index (χ2n) is 4.61. The molecular weight excluding hydrogens is 200 g/mol. The summed E-state index contributed by atoms with van der Waals surface area (Å²) in [4.78, 5) is 10.8. The number of nitrogens with zero attached hydrogens (tertiary/aromatic N) is 3. The van der Waals surface area contributed by atoms with E-state index in [1.165, 1.54) is 25.8 Å². The van der Waals surface area contributed by atoms with Crippen LogP contribution in [0.25, 0.3) is 0 Å². The lowest BCUT2D eigenvalue weighted by molar-refractivity contribution is 0.252. The van der Waals surface area contributed by atoms with Crippen molar-refractivity contribution >= 4 is 5.82 Å². The van der Waals surface area contributed by atoms with E-state index in [0.717, 1.165) is 24.7 Å². The quantitative estimate of drug-likeness (QED) is 0.792. The first-order valence-corrected chi connectivity index (χ1v) is 6.06. The second kappa shape index (κ2) is 5.25. The van der Waals surface area contributed by atoms with Crippen molar-refractivity contribution < 1.29 is 0 Å². The maximum atomic E-state index is 5.52. The average Bonchev–Trinajstić information content (AvgIpc) is 3.06. The van der Waals surface area contributed by atoms with Gasteiger partial charge >= 0.3 is 0 Å². The van der Waals surface area contributed by atoms with E-state index in [2.05, 4.69) is 21.8 Å². The van der Waals surface area contributed by atoms with Gasteiger partial charge in [-0.25, -0.2) is 4.98 Å². The maximum absolute atomic E-state index is 5.52. The minimum atomic E-state index is 0.494. The number of anilines is 1. The Labute approximate surface area is 96.9 Å². The van der Waals surface area contributed by atoms with Crippen LogP contribution in [0.4, 0.5) is 5.82 Å². The number of hydrogen-bond acceptors (Lipinski definition) is 4. The van der Waals surface area contributed by atoms with Gasteiger partial charge in [0, 0.05) is 13.1 Å². The minimum absolute atomic E-state index is 0.494. The third-order valence-corrected chi connectivity index (χ3v) is 2.86. The summed E-state index contributed by atoms with van der Waals surface area (Å²) in [5.74, 6) is 1.42. The van der Waals surface area contributed by atoms with Crippen LogP contribution < -0.4 is 5.73 Å². The molecule has 16 heavy (non-hydrogen) atoms. The molecule has 0 aliphatic heterocycles. The van der Waals surface area contributed by atoms with Gasteiger partial charge in [-0.1, -0.05) is 6.92 Å². The summed E-state index contributed by atoms with van der Waals surface area (Å²) in [6.45, 7) is 5.47. The molecule has 0 unspecified atom stereocenters. The van der Waals surface area contributed by atoms with E-state index in [1.807, 2.05) is 0 Å². The molecule has 0 amide bonds. The Morgan fingerprint density at radius 3 is 2.75 bits per heavy atom. The summed E-state index contributed by atoms with van der Waals surface area (Å²) in [5, 5.41) is 0. The van der Waals surface area contributed by atoms with E-state index in [-0.39, 0.29) is 0 Å². The monoisotopic (exact) mass is 220 g/mol. The smallest absolute Gasteiger partial charge is 0.141 e. The molecule has 2 rings (SSSR count). The molecule has 0 radical (unpaired) electrons. The Kier molecular flexibility index (Phi) is 3.72. The van der Waals surface area contributed by atoms with Gasteiger partial charge in [0.2, 0.25) is 0 Å². The van der Waals surface area contributed by atoms with Gasteiger partial charge in [0.25, 0.3) is 0 Å². The fourth-order valence-corrected chi connectivity index (χ4v) is 1.89. The molecule has 0 aromatic carbocycles.